The molecule has 0 saturated heterocycles. The first-order valence-electron chi connectivity index (χ1n) is 11.0. The molecule has 0 fully saturated rings. The zero-order valence-electron chi connectivity index (χ0n) is 19.2. The highest BCUT2D eigenvalue weighted by atomic mass is 32.2. The smallest absolute Gasteiger partial charge is 0.251 e. The third-order valence-electron chi connectivity index (χ3n) is 5.59. The summed E-state index contributed by atoms with van der Waals surface area (Å²) in [5, 5.41) is 31.7. The van der Waals surface area contributed by atoms with Crippen LogP contribution in [-0.2, 0) is 6.54 Å². The van der Waals surface area contributed by atoms with E-state index in [4.69, 9.17) is 0 Å². The molecule has 0 heterocycles. The minimum absolute atomic E-state index is 0.0329. The number of carbonyl (C=O) groups is 1. The monoisotopic (exact) mass is 483 g/mol. The van der Waals surface area contributed by atoms with Gasteiger partial charge in [-0.3, -0.25) is 4.79 Å². The number of rotatable bonds is 7. The number of carbonyl (C=O) groups excluding carboxylic acids is 1. The fraction of sp³-hybridized carbons (Fsp3) is 0.0690. The van der Waals surface area contributed by atoms with Crippen LogP contribution in [0.2, 0.25) is 0 Å². The van der Waals surface area contributed by atoms with Crippen LogP contribution in [0, 0.1) is 6.92 Å². The molecule has 0 unspecified atom stereocenters. The fourth-order valence-electron chi connectivity index (χ4n) is 3.63. The van der Waals surface area contributed by atoms with Gasteiger partial charge in [-0.2, -0.15) is 0 Å². The lowest BCUT2D eigenvalue weighted by Crippen LogP contribution is -2.22. The van der Waals surface area contributed by atoms with Crippen molar-refractivity contribution in [1.29, 1.82) is 0 Å². The number of aryl methyl sites for hydroxylation is 1. The summed E-state index contributed by atoms with van der Waals surface area (Å²) in [6.07, 6.45) is 0. The molecule has 0 aliphatic heterocycles. The van der Waals surface area contributed by atoms with Crippen LogP contribution in [-0.4, -0.2) is 21.2 Å². The molecule has 0 radical (unpaired) electrons. The summed E-state index contributed by atoms with van der Waals surface area (Å²) in [7, 11) is 0. The van der Waals surface area contributed by atoms with Crippen molar-refractivity contribution in [2.45, 2.75) is 23.3 Å². The van der Waals surface area contributed by atoms with E-state index in [0.717, 1.165) is 32.1 Å². The Morgan fingerprint density at radius 3 is 2.23 bits per heavy atom. The molecule has 4 rings (SSSR count). The Kier molecular flexibility index (Phi) is 7.13. The van der Waals surface area contributed by atoms with Crippen molar-refractivity contribution in [1.82, 2.24) is 5.32 Å². The van der Waals surface area contributed by atoms with Crippen molar-refractivity contribution in [2.24, 2.45) is 0 Å². The molecule has 0 aromatic heterocycles. The molecule has 35 heavy (non-hydrogen) atoms. The first-order valence-corrected chi connectivity index (χ1v) is 11.8. The average Bonchev–Trinajstić information content (AvgIpc) is 2.85. The highest BCUT2D eigenvalue weighted by molar-refractivity contribution is 7.99. The minimum atomic E-state index is -0.252. The Balaban J connectivity index is 1.49. The largest absolute Gasteiger partial charge is 0.508 e. The van der Waals surface area contributed by atoms with Gasteiger partial charge in [-0.25, -0.2) is 0 Å². The van der Waals surface area contributed by atoms with Crippen LogP contribution in [0.25, 0.3) is 5.57 Å². The summed E-state index contributed by atoms with van der Waals surface area (Å²) in [4.78, 5) is 14.7. The molecule has 4 aromatic carbocycles. The highest BCUT2D eigenvalue weighted by Gasteiger charge is 2.13. The second-order valence-corrected chi connectivity index (χ2v) is 9.18. The SMILES string of the molecule is C=C(c1ccc(O)cc1)c1ccccc1Sc1ccc(C(=O)NCc2ccc(O)cc2O)cc1C. The normalized spacial score (nSPS) is 10.7. The van der Waals surface area contributed by atoms with Crippen molar-refractivity contribution in [2.75, 3.05) is 0 Å². The van der Waals surface area contributed by atoms with Gasteiger partial charge in [0, 0.05) is 33.5 Å². The number of phenols is 3. The maximum Gasteiger partial charge on any atom is 0.251 e. The predicted octanol–water partition coefficient (Wildman–Crippen LogP) is 6.25. The van der Waals surface area contributed by atoms with E-state index >= 15 is 0 Å². The Morgan fingerprint density at radius 2 is 1.51 bits per heavy atom. The summed E-state index contributed by atoms with van der Waals surface area (Å²) in [6.45, 7) is 6.37. The third kappa shape index (κ3) is 5.67. The molecule has 4 N–H and O–H groups in total. The lowest BCUT2D eigenvalue weighted by atomic mass is 9.99. The quantitative estimate of drug-likeness (QED) is 0.249. The van der Waals surface area contributed by atoms with E-state index in [-0.39, 0.29) is 29.7 Å². The Labute approximate surface area is 208 Å². The molecular weight excluding hydrogens is 458 g/mol. The van der Waals surface area contributed by atoms with Crippen LogP contribution >= 0.6 is 11.8 Å². The first-order chi connectivity index (χ1) is 16.8. The van der Waals surface area contributed by atoms with Gasteiger partial charge in [-0.05, 0) is 77.7 Å². The van der Waals surface area contributed by atoms with Gasteiger partial charge in [-0.1, -0.05) is 48.7 Å². The third-order valence-corrected chi connectivity index (χ3v) is 6.85. The van der Waals surface area contributed by atoms with Gasteiger partial charge in [0.15, 0.2) is 0 Å². The number of phenolic OH excluding ortho intramolecular Hbond substituents is 3. The average molecular weight is 484 g/mol. The summed E-state index contributed by atoms with van der Waals surface area (Å²) < 4.78 is 0. The standard InChI is InChI=1S/C29H25NO4S/c1-18-15-21(29(34)30-17-22-9-13-24(32)16-26(22)33)10-14-27(18)35-28-6-4-3-5-25(28)19(2)20-7-11-23(31)12-8-20/h3-16,31-33H,2,17H2,1H3,(H,30,34). The summed E-state index contributed by atoms with van der Waals surface area (Å²) >= 11 is 1.60. The van der Waals surface area contributed by atoms with Crippen LogP contribution in [0.1, 0.15) is 32.6 Å². The van der Waals surface area contributed by atoms with Crippen LogP contribution in [0.3, 0.4) is 0 Å². The second kappa shape index (κ2) is 10.4. The van der Waals surface area contributed by atoms with E-state index in [2.05, 4.69) is 11.9 Å². The molecule has 0 atom stereocenters. The molecule has 1 amide bonds. The molecule has 0 bridgehead atoms. The van der Waals surface area contributed by atoms with Gasteiger partial charge in [-0.15, -0.1) is 0 Å². The molecule has 176 valence electrons. The first kappa shape index (κ1) is 24.0. The number of benzene rings is 4. The maximum atomic E-state index is 12.7. The molecule has 5 nitrogen and oxygen atoms in total. The topological polar surface area (TPSA) is 89.8 Å². The number of aromatic hydroxyl groups is 3. The molecule has 0 aliphatic carbocycles. The van der Waals surface area contributed by atoms with Gasteiger partial charge in [0.1, 0.15) is 17.2 Å². The Morgan fingerprint density at radius 1 is 0.829 bits per heavy atom. The van der Waals surface area contributed by atoms with E-state index in [0.29, 0.717) is 11.1 Å². The second-order valence-electron chi connectivity index (χ2n) is 8.10. The van der Waals surface area contributed by atoms with E-state index < -0.39 is 0 Å². The van der Waals surface area contributed by atoms with Crippen LogP contribution in [0.5, 0.6) is 17.2 Å². The van der Waals surface area contributed by atoms with E-state index in [1.165, 1.54) is 12.1 Å². The van der Waals surface area contributed by atoms with Crippen molar-refractivity contribution in [3.05, 3.63) is 119 Å². The lowest BCUT2D eigenvalue weighted by molar-refractivity contribution is 0.0950. The van der Waals surface area contributed by atoms with Gasteiger partial charge >= 0.3 is 0 Å². The van der Waals surface area contributed by atoms with Gasteiger partial charge in [0.2, 0.25) is 0 Å². The van der Waals surface area contributed by atoms with Crippen LogP contribution in [0.4, 0.5) is 0 Å². The van der Waals surface area contributed by atoms with Crippen LogP contribution in [0.15, 0.2) is 101 Å². The molecule has 0 aliphatic rings. The Bertz CT molecular complexity index is 1400. The summed E-state index contributed by atoms with van der Waals surface area (Å²) in [6, 6.07) is 24.8. The molecule has 0 spiro atoms. The summed E-state index contributed by atoms with van der Waals surface area (Å²) in [5.74, 6) is -0.141. The predicted molar refractivity (Wildman–Crippen MR) is 139 cm³/mol. The van der Waals surface area contributed by atoms with Crippen molar-refractivity contribution >= 4 is 23.2 Å². The minimum Gasteiger partial charge on any atom is -0.508 e. The zero-order valence-corrected chi connectivity index (χ0v) is 20.0. The number of nitrogens with one attached hydrogen (secondary N) is 1. The molecule has 4 aromatic rings. The van der Waals surface area contributed by atoms with Crippen molar-refractivity contribution in [3.8, 4) is 17.2 Å². The van der Waals surface area contributed by atoms with Gasteiger partial charge < -0.3 is 20.6 Å². The Hall–Kier alpha value is -4.16. The molecule has 0 saturated carbocycles. The fourth-order valence-corrected chi connectivity index (χ4v) is 4.67. The molecular formula is C29H25NO4S. The van der Waals surface area contributed by atoms with Gasteiger partial charge in [0.05, 0.1) is 0 Å². The maximum absolute atomic E-state index is 12.7. The van der Waals surface area contributed by atoms with E-state index in [9.17, 15) is 20.1 Å². The van der Waals surface area contributed by atoms with E-state index in [1.54, 1.807) is 36.0 Å². The van der Waals surface area contributed by atoms with Crippen molar-refractivity contribution < 1.29 is 20.1 Å². The number of amides is 1. The lowest BCUT2D eigenvalue weighted by Gasteiger charge is -2.14. The van der Waals surface area contributed by atoms with Crippen molar-refractivity contribution in [3.63, 3.8) is 0 Å². The highest BCUT2D eigenvalue weighted by Crippen LogP contribution is 2.37. The number of hydrogen-bond acceptors (Lipinski definition) is 5. The molecule has 6 heteroatoms. The summed E-state index contributed by atoms with van der Waals surface area (Å²) in [5.41, 5.74) is 4.79. The number of hydrogen-bond donors (Lipinski definition) is 4. The van der Waals surface area contributed by atoms with Gasteiger partial charge in [0.25, 0.3) is 5.91 Å². The zero-order chi connectivity index (χ0) is 24.9. The van der Waals surface area contributed by atoms with E-state index in [1.807, 2.05) is 55.5 Å². The van der Waals surface area contributed by atoms with Crippen LogP contribution < -0.4 is 5.32 Å².